The Morgan fingerprint density at radius 3 is 2.08 bits per heavy atom. The Bertz CT molecular complexity index is 567. The number of pyridine rings is 1. The fourth-order valence-corrected chi connectivity index (χ4v) is 3.38. The minimum atomic E-state index is 0.794. The highest BCUT2D eigenvalue weighted by Crippen LogP contribution is 2.23. The van der Waals surface area contributed by atoms with Crippen LogP contribution >= 0.6 is 15.9 Å². The second-order valence-corrected chi connectivity index (χ2v) is 7.20. The van der Waals surface area contributed by atoms with Crippen LogP contribution in [0, 0.1) is 0 Å². The average Bonchev–Trinajstić information content (AvgIpc) is 2.63. The molecule has 2 nitrogen and oxygen atoms in total. The maximum Gasteiger partial charge on any atom is 0.145 e. The van der Waals surface area contributed by atoms with Gasteiger partial charge in [-0.2, -0.15) is 0 Å². The van der Waals surface area contributed by atoms with Gasteiger partial charge in [0.15, 0.2) is 0 Å². The van der Waals surface area contributed by atoms with Crippen LogP contribution in [0.3, 0.4) is 0 Å². The Morgan fingerprint density at radius 1 is 0.750 bits per heavy atom. The number of alkyl halides is 1. The van der Waals surface area contributed by atoms with E-state index in [1.807, 2.05) is 24.4 Å². The van der Waals surface area contributed by atoms with Crippen LogP contribution in [-0.2, 0) is 0 Å². The lowest BCUT2D eigenvalue weighted by molar-refractivity contribution is 0.307. The van der Waals surface area contributed by atoms with Crippen LogP contribution in [-0.4, -0.2) is 16.9 Å². The molecule has 0 fully saturated rings. The van der Waals surface area contributed by atoms with Gasteiger partial charge in [-0.15, -0.1) is 0 Å². The molecule has 0 aliphatic rings. The average molecular weight is 392 g/mol. The van der Waals surface area contributed by atoms with Gasteiger partial charge in [-0.05, 0) is 25.0 Å². The van der Waals surface area contributed by atoms with Crippen LogP contribution in [0.1, 0.15) is 64.2 Å². The minimum absolute atomic E-state index is 0.794. The zero-order valence-corrected chi connectivity index (χ0v) is 16.3. The summed E-state index contributed by atoms with van der Waals surface area (Å²) in [5, 5.41) is 2.30. The number of halogens is 1. The molecule has 132 valence electrons. The molecule has 0 N–H and O–H groups in total. The third kappa shape index (κ3) is 7.21. The third-order valence-electron chi connectivity index (χ3n) is 4.38. The monoisotopic (exact) mass is 391 g/mol. The van der Waals surface area contributed by atoms with Crippen molar-refractivity contribution in [1.82, 2.24) is 4.98 Å². The van der Waals surface area contributed by atoms with Gasteiger partial charge in [0.2, 0.25) is 0 Å². The summed E-state index contributed by atoms with van der Waals surface area (Å²) in [6.45, 7) is 0.794. The van der Waals surface area contributed by atoms with Gasteiger partial charge in [-0.25, -0.2) is 0 Å². The van der Waals surface area contributed by atoms with Crippen LogP contribution in [0.4, 0.5) is 0 Å². The highest BCUT2D eigenvalue weighted by molar-refractivity contribution is 9.09. The number of hydrogen-bond donors (Lipinski definition) is 0. The number of fused-ring (bicyclic) bond motifs is 1. The van der Waals surface area contributed by atoms with Crippen LogP contribution in [0.25, 0.3) is 10.9 Å². The molecule has 0 unspecified atom stereocenters. The summed E-state index contributed by atoms with van der Waals surface area (Å²) < 4.78 is 5.94. The maximum atomic E-state index is 5.94. The number of benzene rings is 1. The van der Waals surface area contributed by atoms with Gasteiger partial charge in [0.1, 0.15) is 11.3 Å². The summed E-state index contributed by atoms with van der Waals surface area (Å²) in [5.41, 5.74) is 0.972. The molecule has 0 saturated heterocycles. The van der Waals surface area contributed by atoms with Crippen molar-refractivity contribution < 1.29 is 4.74 Å². The zero-order valence-electron chi connectivity index (χ0n) is 14.7. The van der Waals surface area contributed by atoms with E-state index in [2.05, 4.69) is 33.0 Å². The molecule has 1 aromatic heterocycles. The van der Waals surface area contributed by atoms with Gasteiger partial charge in [-0.3, -0.25) is 4.98 Å². The lowest BCUT2D eigenvalue weighted by atomic mass is 10.1. The lowest BCUT2D eigenvalue weighted by Gasteiger charge is -2.08. The molecule has 0 bridgehead atoms. The topological polar surface area (TPSA) is 22.1 Å². The third-order valence-corrected chi connectivity index (χ3v) is 4.94. The molecule has 2 rings (SSSR count). The molecular formula is C21H30BrNO. The van der Waals surface area contributed by atoms with E-state index in [9.17, 15) is 0 Å². The molecule has 0 atom stereocenters. The summed E-state index contributed by atoms with van der Waals surface area (Å²) in [6.07, 6.45) is 15.2. The van der Waals surface area contributed by atoms with Gasteiger partial charge in [-0.1, -0.05) is 85.5 Å². The Balaban J connectivity index is 1.49. The normalized spacial score (nSPS) is 11.0. The predicted molar refractivity (Wildman–Crippen MR) is 107 cm³/mol. The SMILES string of the molecule is BrCCCCCCCCCCCCOc1cccc2cccnc12. The first-order valence-corrected chi connectivity index (χ1v) is 10.6. The van der Waals surface area contributed by atoms with E-state index in [0.29, 0.717) is 0 Å². The first-order valence-electron chi connectivity index (χ1n) is 9.44. The number of para-hydroxylation sites is 1. The van der Waals surface area contributed by atoms with E-state index in [4.69, 9.17) is 4.74 Å². The Morgan fingerprint density at radius 2 is 1.38 bits per heavy atom. The van der Waals surface area contributed by atoms with Crippen molar-refractivity contribution in [2.24, 2.45) is 0 Å². The summed E-state index contributed by atoms with van der Waals surface area (Å²) in [4.78, 5) is 4.43. The molecule has 3 heteroatoms. The zero-order chi connectivity index (χ0) is 16.9. The van der Waals surface area contributed by atoms with E-state index in [1.54, 1.807) is 0 Å². The standard InChI is InChI=1S/C21H30BrNO/c22-16-9-7-5-3-1-2-4-6-8-10-18-24-20-15-11-13-19-14-12-17-23-21(19)20/h11-15,17H,1-10,16,18H2. The van der Waals surface area contributed by atoms with Gasteiger partial charge in [0.05, 0.1) is 6.61 Å². The quantitative estimate of drug-likeness (QED) is 0.273. The van der Waals surface area contributed by atoms with Gasteiger partial charge in [0.25, 0.3) is 0 Å². The van der Waals surface area contributed by atoms with Crippen molar-refractivity contribution in [3.05, 3.63) is 36.5 Å². The van der Waals surface area contributed by atoms with Crippen LogP contribution in [0.5, 0.6) is 5.75 Å². The first-order chi connectivity index (χ1) is 11.9. The predicted octanol–water partition coefficient (Wildman–Crippen LogP) is 6.91. The van der Waals surface area contributed by atoms with Crippen molar-refractivity contribution in [2.75, 3.05) is 11.9 Å². The molecule has 0 spiro atoms. The summed E-state index contributed by atoms with van der Waals surface area (Å²) in [6, 6.07) is 10.2. The molecule has 24 heavy (non-hydrogen) atoms. The molecule has 1 heterocycles. The number of aromatic nitrogens is 1. The van der Waals surface area contributed by atoms with Gasteiger partial charge in [0, 0.05) is 16.9 Å². The highest BCUT2D eigenvalue weighted by Gasteiger charge is 2.02. The minimum Gasteiger partial charge on any atom is -0.491 e. The maximum absolute atomic E-state index is 5.94. The summed E-state index contributed by atoms with van der Waals surface area (Å²) >= 11 is 3.49. The second kappa shape index (κ2) is 12.3. The lowest BCUT2D eigenvalue weighted by Crippen LogP contribution is -1.98. The molecular weight excluding hydrogens is 362 g/mol. The van der Waals surface area contributed by atoms with Gasteiger partial charge >= 0.3 is 0 Å². The van der Waals surface area contributed by atoms with E-state index in [1.165, 1.54) is 57.8 Å². The number of ether oxygens (including phenoxy) is 1. The summed E-state index contributed by atoms with van der Waals surface area (Å²) in [5.74, 6) is 0.913. The number of hydrogen-bond acceptors (Lipinski definition) is 2. The molecule has 0 aliphatic heterocycles. The van der Waals surface area contributed by atoms with Crippen molar-refractivity contribution >= 4 is 26.8 Å². The molecule has 0 amide bonds. The fraction of sp³-hybridized carbons (Fsp3) is 0.571. The van der Waals surface area contributed by atoms with Crippen molar-refractivity contribution in [2.45, 2.75) is 64.2 Å². The van der Waals surface area contributed by atoms with Crippen molar-refractivity contribution in [3.8, 4) is 5.75 Å². The Kier molecular flexibility index (Phi) is 9.86. The van der Waals surface area contributed by atoms with Crippen molar-refractivity contribution in [1.29, 1.82) is 0 Å². The highest BCUT2D eigenvalue weighted by atomic mass is 79.9. The molecule has 0 aliphatic carbocycles. The smallest absolute Gasteiger partial charge is 0.145 e. The van der Waals surface area contributed by atoms with E-state index in [-0.39, 0.29) is 0 Å². The van der Waals surface area contributed by atoms with E-state index in [0.717, 1.165) is 35.0 Å². The fourth-order valence-electron chi connectivity index (χ4n) is 2.99. The van der Waals surface area contributed by atoms with Crippen LogP contribution in [0.2, 0.25) is 0 Å². The Labute approximate surface area is 155 Å². The summed E-state index contributed by atoms with van der Waals surface area (Å²) in [7, 11) is 0. The second-order valence-electron chi connectivity index (χ2n) is 6.40. The van der Waals surface area contributed by atoms with E-state index >= 15 is 0 Å². The Hall–Kier alpha value is -1.09. The molecule has 2 aromatic rings. The number of unbranched alkanes of at least 4 members (excludes halogenated alkanes) is 9. The molecule has 1 aromatic carbocycles. The largest absolute Gasteiger partial charge is 0.491 e. The first kappa shape index (κ1) is 19.2. The van der Waals surface area contributed by atoms with Crippen molar-refractivity contribution in [3.63, 3.8) is 0 Å². The van der Waals surface area contributed by atoms with E-state index < -0.39 is 0 Å². The molecule has 0 radical (unpaired) electrons. The van der Waals surface area contributed by atoms with Crippen LogP contribution < -0.4 is 4.74 Å². The van der Waals surface area contributed by atoms with Gasteiger partial charge < -0.3 is 4.74 Å². The number of nitrogens with zero attached hydrogens (tertiary/aromatic N) is 1. The van der Waals surface area contributed by atoms with Crippen LogP contribution in [0.15, 0.2) is 36.5 Å². The number of rotatable bonds is 13. The molecule has 0 saturated carbocycles.